The molecule has 0 saturated carbocycles. The Balaban J connectivity index is 1.80. The first kappa shape index (κ1) is 13.3. The van der Waals surface area contributed by atoms with Crippen molar-refractivity contribution in [3.05, 3.63) is 48.3 Å². The van der Waals surface area contributed by atoms with E-state index in [2.05, 4.69) is 39.4 Å². The van der Waals surface area contributed by atoms with Gasteiger partial charge in [0.25, 0.3) is 0 Å². The average molecular weight is 292 g/mol. The molecule has 0 radical (unpaired) electrons. The molecule has 0 amide bonds. The summed E-state index contributed by atoms with van der Waals surface area (Å²) in [7, 11) is 0. The predicted octanol–water partition coefficient (Wildman–Crippen LogP) is 3.70. The maximum absolute atomic E-state index is 4.83. The van der Waals surface area contributed by atoms with Crippen LogP contribution in [0.25, 0.3) is 17.0 Å². The Morgan fingerprint density at radius 1 is 1.00 bits per heavy atom. The van der Waals surface area contributed by atoms with Gasteiger partial charge in [0.15, 0.2) is 5.65 Å². The van der Waals surface area contributed by atoms with Crippen LogP contribution in [-0.4, -0.2) is 27.5 Å². The highest BCUT2D eigenvalue weighted by atomic mass is 15.2. The van der Waals surface area contributed by atoms with E-state index in [0.29, 0.717) is 0 Å². The summed E-state index contributed by atoms with van der Waals surface area (Å²) in [5.41, 5.74) is 3.24. The molecule has 0 unspecified atom stereocenters. The van der Waals surface area contributed by atoms with E-state index in [1.807, 2.05) is 24.4 Å². The third-order valence-electron chi connectivity index (χ3n) is 4.38. The van der Waals surface area contributed by atoms with Gasteiger partial charge in [-0.25, -0.2) is 9.97 Å². The molecule has 1 aliphatic rings. The summed E-state index contributed by atoms with van der Waals surface area (Å²) in [5.74, 6) is 2.05. The highest BCUT2D eigenvalue weighted by Gasteiger charge is 2.16. The lowest BCUT2D eigenvalue weighted by molar-refractivity contribution is 0.573. The molecule has 1 aromatic carbocycles. The molecule has 3 aromatic rings. The first-order valence-electron chi connectivity index (χ1n) is 7.98. The van der Waals surface area contributed by atoms with E-state index in [0.717, 1.165) is 35.9 Å². The van der Waals surface area contributed by atoms with Crippen molar-refractivity contribution >= 4 is 11.5 Å². The van der Waals surface area contributed by atoms with Crippen molar-refractivity contribution in [3.8, 4) is 11.4 Å². The third kappa shape index (κ3) is 2.25. The van der Waals surface area contributed by atoms with Crippen molar-refractivity contribution in [1.82, 2.24) is 14.4 Å². The SMILES string of the molecule is Cc1cc(N2CCCCC2)nc2cnc(-c3ccccc3)n12. The second-order valence-electron chi connectivity index (χ2n) is 5.94. The molecule has 0 atom stereocenters. The fourth-order valence-corrected chi connectivity index (χ4v) is 3.25. The minimum absolute atomic E-state index is 0.930. The van der Waals surface area contributed by atoms with Crippen molar-refractivity contribution < 1.29 is 0 Å². The zero-order valence-corrected chi connectivity index (χ0v) is 12.9. The summed E-state index contributed by atoms with van der Waals surface area (Å²) in [6, 6.07) is 12.5. The molecule has 3 heterocycles. The smallest absolute Gasteiger partial charge is 0.159 e. The topological polar surface area (TPSA) is 33.4 Å². The second kappa shape index (κ2) is 5.44. The van der Waals surface area contributed by atoms with Crippen LogP contribution in [0.15, 0.2) is 42.6 Å². The van der Waals surface area contributed by atoms with Gasteiger partial charge in [-0.05, 0) is 26.2 Å². The zero-order chi connectivity index (χ0) is 14.9. The molecular weight excluding hydrogens is 272 g/mol. The molecule has 0 aliphatic carbocycles. The van der Waals surface area contributed by atoms with Gasteiger partial charge in [0.1, 0.15) is 11.6 Å². The van der Waals surface area contributed by atoms with Gasteiger partial charge in [0.2, 0.25) is 0 Å². The van der Waals surface area contributed by atoms with Crippen LogP contribution in [0.3, 0.4) is 0 Å². The molecule has 1 aliphatic heterocycles. The van der Waals surface area contributed by atoms with Crippen molar-refractivity contribution in [2.24, 2.45) is 0 Å². The molecular formula is C18H20N4. The molecule has 112 valence electrons. The highest BCUT2D eigenvalue weighted by molar-refractivity contribution is 5.62. The number of hydrogen-bond acceptors (Lipinski definition) is 3. The summed E-state index contributed by atoms with van der Waals surface area (Å²) in [6.45, 7) is 4.36. The van der Waals surface area contributed by atoms with Crippen molar-refractivity contribution in [3.63, 3.8) is 0 Å². The van der Waals surface area contributed by atoms with Crippen LogP contribution >= 0.6 is 0 Å². The molecule has 1 fully saturated rings. The standard InChI is InChI=1S/C18H20N4/c1-14-12-16(21-10-6-3-7-11-21)20-17-13-19-18(22(14)17)15-8-4-2-5-9-15/h2,4-5,8-9,12-13H,3,6-7,10-11H2,1H3. The van der Waals surface area contributed by atoms with E-state index in [-0.39, 0.29) is 0 Å². The number of piperidine rings is 1. The molecule has 0 N–H and O–H groups in total. The lowest BCUT2D eigenvalue weighted by Gasteiger charge is -2.28. The lowest BCUT2D eigenvalue weighted by Crippen LogP contribution is -2.30. The molecule has 4 rings (SSSR count). The summed E-state index contributed by atoms with van der Waals surface area (Å²) in [6.07, 6.45) is 5.74. The number of hydrogen-bond donors (Lipinski definition) is 0. The van der Waals surface area contributed by atoms with Crippen LogP contribution in [0.1, 0.15) is 25.0 Å². The molecule has 2 aromatic heterocycles. The van der Waals surface area contributed by atoms with Gasteiger partial charge in [-0.2, -0.15) is 0 Å². The Morgan fingerprint density at radius 3 is 2.55 bits per heavy atom. The molecule has 4 nitrogen and oxygen atoms in total. The first-order valence-corrected chi connectivity index (χ1v) is 7.98. The summed E-state index contributed by atoms with van der Waals surface area (Å²) in [4.78, 5) is 11.8. The fraction of sp³-hybridized carbons (Fsp3) is 0.333. The van der Waals surface area contributed by atoms with Crippen molar-refractivity contribution in [2.75, 3.05) is 18.0 Å². The maximum Gasteiger partial charge on any atom is 0.159 e. The van der Waals surface area contributed by atoms with E-state index >= 15 is 0 Å². The van der Waals surface area contributed by atoms with Crippen LogP contribution in [0.4, 0.5) is 5.82 Å². The predicted molar refractivity (Wildman–Crippen MR) is 89.2 cm³/mol. The zero-order valence-electron chi connectivity index (χ0n) is 12.9. The number of aryl methyl sites for hydroxylation is 1. The van der Waals surface area contributed by atoms with Crippen LogP contribution in [-0.2, 0) is 0 Å². The van der Waals surface area contributed by atoms with Crippen LogP contribution in [0.2, 0.25) is 0 Å². The van der Waals surface area contributed by atoms with Crippen molar-refractivity contribution in [1.29, 1.82) is 0 Å². The quantitative estimate of drug-likeness (QED) is 0.722. The van der Waals surface area contributed by atoms with Gasteiger partial charge in [-0.15, -0.1) is 0 Å². The molecule has 4 heteroatoms. The van der Waals surface area contributed by atoms with E-state index in [1.165, 1.54) is 25.0 Å². The summed E-state index contributed by atoms with van der Waals surface area (Å²) < 4.78 is 2.14. The Bertz CT molecular complexity index is 785. The highest BCUT2D eigenvalue weighted by Crippen LogP contribution is 2.24. The van der Waals surface area contributed by atoms with Gasteiger partial charge in [-0.1, -0.05) is 30.3 Å². The maximum atomic E-state index is 4.83. The summed E-state index contributed by atoms with van der Waals surface area (Å²) >= 11 is 0. The normalized spacial score (nSPS) is 15.4. The number of nitrogens with zero attached hydrogens (tertiary/aromatic N) is 4. The van der Waals surface area contributed by atoms with Gasteiger partial charge < -0.3 is 4.90 Å². The van der Waals surface area contributed by atoms with Crippen molar-refractivity contribution in [2.45, 2.75) is 26.2 Å². The van der Waals surface area contributed by atoms with Gasteiger partial charge in [0.05, 0.1) is 6.20 Å². The number of benzene rings is 1. The minimum Gasteiger partial charge on any atom is -0.356 e. The molecule has 1 saturated heterocycles. The van der Waals surface area contributed by atoms with E-state index in [4.69, 9.17) is 4.98 Å². The number of rotatable bonds is 2. The number of aromatic nitrogens is 3. The average Bonchev–Trinajstić information content (AvgIpc) is 3.01. The van der Waals surface area contributed by atoms with Gasteiger partial charge in [0, 0.05) is 30.4 Å². The minimum atomic E-state index is 0.930. The van der Waals surface area contributed by atoms with E-state index in [1.54, 1.807) is 0 Å². The molecule has 22 heavy (non-hydrogen) atoms. The Labute approximate surface area is 130 Å². The first-order chi connectivity index (χ1) is 10.8. The Hall–Kier alpha value is -2.36. The third-order valence-corrected chi connectivity index (χ3v) is 4.38. The summed E-state index contributed by atoms with van der Waals surface area (Å²) in [5, 5.41) is 0. The number of fused-ring (bicyclic) bond motifs is 1. The Morgan fingerprint density at radius 2 is 1.77 bits per heavy atom. The van der Waals surface area contributed by atoms with Gasteiger partial charge in [-0.3, -0.25) is 4.40 Å². The van der Waals surface area contributed by atoms with Crippen LogP contribution < -0.4 is 4.90 Å². The van der Waals surface area contributed by atoms with Gasteiger partial charge >= 0.3 is 0 Å². The molecule has 0 spiro atoms. The monoisotopic (exact) mass is 292 g/mol. The second-order valence-corrected chi connectivity index (χ2v) is 5.94. The number of imidazole rings is 1. The number of anilines is 1. The van der Waals surface area contributed by atoms with Crippen LogP contribution in [0, 0.1) is 6.92 Å². The lowest BCUT2D eigenvalue weighted by atomic mass is 10.1. The van der Waals surface area contributed by atoms with Crippen LogP contribution in [0.5, 0.6) is 0 Å². The van der Waals surface area contributed by atoms with E-state index in [9.17, 15) is 0 Å². The Kier molecular flexibility index (Phi) is 3.29. The van der Waals surface area contributed by atoms with E-state index < -0.39 is 0 Å². The largest absolute Gasteiger partial charge is 0.356 e. The fourth-order valence-electron chi connectivity index (χ4n) is 3.25. The molecule has 0 bridgehead atoms.